The molecule has 0 unspecified atom stereocenters. The fraction of sp³-hybridized carbons (Fsp3) is 0.385. The highest BCUT2D eigenvalue weighted by molar-refractivity contribution is 5.89. The van der Waals surface area contributed by atoms with E-state index >= 15 is 0 Å². The number of rotatable bonds is 6. The molecule has 2 aromatic carbocycles. The molecule has 0 radical (unpaired) electrons. The fourth-order valence-corrected chi connectivity index (χ4v) is 4.62. The van der Waals surface area contributed by atoms with Gasteiger partial charge in [0.2, 0.25) is 0 Å². The van der Waals surface area contributed by atoms with Crippen LogP contribution in [0.5, 0.6) is 0 Å². The maximum Gasteiger partial charge on any atom is 0.338 e. The molecule has 0 bridgehead atoms. The first-order valence-corrected chi connectivity index (χ1v) is 10.8. The van der Waals surface area contributed by atoms with Gasteiger partial charge in [0.15, 0.2) is 0 Å². The van der Waals surface area contributed by atoms with Crippen LogP contribution in [0.15, 0.2) is 54.6 Å². The van der Waals surface area contributed by atoms with Gasteiger partial charge in [-0.1, -0.05) is 44.2 Å². The van der Waals surface area contributed by atoms with E-state index in [1.165, 1.54) is 5.56 Å². The first kappa shape index (κ1) is 20.4. The Bertz CT molecular complexity index is 1050. The van der Waals surface area contributed by atoms with Crippen LogP contribution in [0.25, 0.3) is 10.9 Å². The van der Waals surface area contributed by atoms with Crippen molar-refractivity contribution in [1.82, 2.24) is 4.98 Å². The molecule has 0 spiro atoms. The molecule has 1 atom stereocenters. The summed E-state index contributed by atoms with van der Waals surface area (Å²) in [5.41, 5.74) is 4.28. The van der Waals surface area contributed by atoms with Crippen molar-refractivity contribution < 1.29 is 9.53 Å². The second-order valence-electron chi connectivity index (χ2n) is 9.14. The Balaban J connectivity index is 1.64. The lowest BCUT2D eigenvalue weighted by molar-refractivity contribution is 0.0526. The number of esters is 1. The summed E-state index contributed by atoms with van der Waals surface area (Å²) >= 11 is 0. The van der Waals surface area contributed by atoms with Crippen molar-refractivity contribution in [2.24, 2.45) is 11.3 Å². The molecule has 0 aliphatic heterocycles. The van der Waals surface area contributed by atoms with Gasteiger partial charge in [-0.2, -0.15) is 0 Å². The SMILES string of the molecule is CCOC(=O)c1ccc([C@H](Nc2nc3ccccc3cc2C)C2CC(C)(C)C2)cc1. The molecule has 0 saturated heterocycles. The van der Waals surface area contributed by atoms with Crippen LogP contribution in [0, 0.1) is 18.3 Å². The van der Waals surface area contributed by atoms with Crippen molar-refractivity contribution in [3.8, 4) is 0 Å². The third-order valence-electron chi connectivity index (χ3n) is 6.09. The average molecular weight is 403 g/mol. The number of pyridine rings is 1. The number of fused-ring (bicyclic) bond motifs is 1. The van der Waals surface area contributed by atoms with Crippen molar-refractivity contribution >= 4 is 22.7 Å². The van der Waals surface area contributed by atoms with E-state index in [0.29, 0.717) is 23.5 Å². The van der Waals surface area contributed by atoms with E-state index in [0.717, 1.165) is 35.1 Å². The van der Waals surface area contributed by atoms with Crippen LogP contribution in [0.4, 0.5) is 5.82 Å². The average Bonchev–Trinajstić information content (AvgIpc) is 2.71. The molecule has 1 fully saturated rings. The quantitative estimate of drug-likeness (QED) is 0.491. The number of aromatic nitrogens is 1. The third kappa shape index (κ3) is 4.18. The Hall–Kier alpha value is -2.88. The van der Waals surface area contributed by atoms with Crippen LogP contribution in [-0.4, -0.2) is 17.6 Å². The van der Waals surface area contributed by atoms with Crippen LogP contribution in [0.1, 0.15) is 61.1 Å². The number of hydrogen-bond acceptors (Lipinski definition) is 4. The molecule has 1 saturated carbocycles. The maximum atomic E-state index is 12.0. The van der Waals surface area contributed by atoms with E-state index < -0.39 is 0 Å². The number of benzene rings is 2. The van der Waals surface area contributed by atoms with Gasteiger partial charge in [0.1, 0.15) is 5.82 Å². The van der Waals surface area contributed by atoms with E-state index in [2.05, 4.69) is 44.3 Å². The van der Waals surface area contributed by atoms with Crippen LogP contribution in [0.2, 0.25) is 0 Å². The summed E-state index contributed by atoms with van der Waals surface area (Å²) in [4.78, 5) is 16.9. The van der Waals surface area contributed by atoms with Gasteiger partial charge in [-0.3, -0.25) is 0 Å². The Morgan fingerprint density at radius 3 is 2.53 bits per heavy atom. The molecular formula is C26H30N2O2. The monoisotopic (exact) mass is 402 g/mol. The van der Waals surface area contributed by atoms with E-state index in [-0.39, 0.29) is 12.0 Å². The lowest BCUT2D eigenvalue weighted by Crippen LogP contribution is -2.38. The van der Waals surface area contributed by atoms with Crippen LogP contribution < -0.4 is 5.32 Å². The number of para-hydroxylation sites is 1. The number of ether oxygens (including phenoxy) is 1. The molecule has 3 aromatic rings. The minimum atomic E-state index is -0.273. The van der Waals surface area contributed by atoms with Crippen molar-refractivity contribution in [1.29, 1.82) is 0 Å². The van der Waals surface area contributed by atoms with Gasteiger partial charge in [0.25, 0.3) is 0 Å². The third-order valence-corrected chi connectivity index (χ3v) is 6.09. The van der Waals surface area contributed by atoms with Crippen LogP contribution in [0.3, 0.4) is 0 Å². The number of anilines is 1. The fourth-order valence-electron chi connectivity index (χ4n) is 4.62. The van der Waals surface area contributed by atoms with Gasteiger partial charge in [-0.25, -0.2) is 9.78 Å². The first-order valence-electron chi connectivity index (χ1n) is 10.8. The molecule has 4 rings (SSSR count). The highest BCUT2D eigenvalue weighted by Crippen LogP contribution is 2.51. The molecule has 1 aromatic heterocycles. The Morgan fingerprint density at radius 2 is 1.87 bits per heavy atom. The number of nitrogens with zero attached hydrogens (tertiary/aromatic N) is 1. The number of hydrogen-bond donors (Lipinski definition) is 1. The highest BCUT2D eigenvalue weighted by atomic mass is 16.5. The first-order chi connectivity index (χ1) is 14.4. The van der Waals surface area contributed by atoms with Crippen LogP contribution in [-0.2, 0) is 4.74 Å². The van der Waals surface area contributed by atoms with E-state index in [9.17, 15) is 4.79 Å². The summed E-state index contributed by atoms with van der Waals surface area (Å²) in [7, 11) is 0. The van der Waals surface area contributed by atoms with Crippen molar-refractivity contribution in [3.05, 3.63) is 71.3 Å². The smallest absolute Gasteiger partial charge is 0.338 e. The summed E-state index contributed by atoms with van der Waals surface area (Å²) in [6.45, 7) is 8.96. The van der Waals surface area contributed by atoms with Gasteiger partial charge in [-0.05, 0) is 73.4 Å². The van der Waals surface area contributed by atoms with Gasteiger partial charge < -0.3 is 10.1 Å². The van der Waals surface area contributed by atoms with Crippen LogP contribution >= 0.6 is 0 Å². The second-order valence-corrected chi connectivity index (χ2v) is 9.14. The molecule has 30 heavy (non-hydrogen) atoms. The summed E-state index contributed by atoms with van der Waals surface area (Å²) in [6, 6.07) is 18.4. The number of aryl methyl sites for hydroxylation is 1. The molecule has 1 aliphatic rings. The van der Waals surface area contributed by atoms with Crippen molar-refractivity contribution in [3.63, 3.8) is 0 Å². The summed E-state index contributed by atoms with van der Waals surface area (Å²) in [6.07, 6.45) is 2.33. The van der Waals surface area contributed by atoms with Gasteiger partial charge in [0.05, 0.1) is 23.7 Å². The molecule has 4 nitrogen and oxygen atoms in total. The largest absolute Gasteiger partial charge is 0.462 e. The summed E-state index contributed by atoms with van der Waals surface area (Å²) in [5.74, 6) is 1.18. The van der Waals surface area contributed by atoms with Gasteiger partial charge >= 0.3 is 5.97 Å². The van der Waals surface area contributed by atoms with E-state index in [1.807, 2.05) is 43.3 Å². The van der Waals surface area contributed by atoms with Crippen molar-refractivity contribution in [2.75, 3.05) is 11.9 Å². The highest BCUT2D eigenvalue weighted by Gasteiger charge is 2.41. The molecular weight excluding hydrogens is 372 g/mol. The summed E-state index contributed by atoms with van der Waals surface area (Å²) in [5, 5.41) is 4.90. The van der Waals surface area contributed by atoms with Crippen molar-refractivity contribution in [2.45, 2.75) is 46.6 Å². The molecule has 156 valence electrons. The Kier molecular flexibility index (Phi) is 5.50. The predicted octanol–water partition coefficient (Wildman–Crippen LogP) is 6.31. The molecule has 0 amide bonds. The topological polar surface area (TPSA) is 51.2 Å². The molecule has 1 aliphatic carbocycles. The zero-order chi connectivity index (χ0) is 21.3. The van der Waals surface area contributed by atoms with Gasteiger partial charge in [0, 0.05) is 5.39 Å². The lowest BCUT2D eigenvalue weighted by Gasteiger charge is -2.47. The summed E-state index contributed by atoms with van der Waals surface area (Å²) < 4.78 is 5.12. The van der Waals surface area contributed by atoms with E-state index in [1.54, 1.807) is 0 Å². The van der Waals surface area contributed by atoms with Gasteiger partial charge in [-0.15, -0.1) is 0 Å². The second kappa shape index (κ2) is 8.10. The zero-order valence-corrected chi connectivity index (χ0v) is 18.2. The number of nitrogens with one attached hydrogen (secondary N) is 1. The normalized spacial score (nSPS) is 16.7. The maximum absolute atomic E-state index is 12.0. The minimum absolute atomic E-state index is 0.154. The molecule has 1 N–H and O–H groups in total. The van der Waals surface area contributed by atoms with E-state index in [4.69, 9.17) is 9.72 Å². The molecule has 1 heterocycles. The number of carbonyl (C=O) groups is 1. The predicted molar refractivity (Wildman–Crippen MR) is 122 cm³/mol. The minimum Gasteiger partial charge on any atom is -0.462 e. The lowest BCUT2D eigenvalue weighted by atomic mass is 9.61. The zero-order valence-electron chi connectivity index (χ0n) is 18.2. The Morgan fingerprint density at radius 1 is 1.17 bits per heavy atom. The molecule has 4 heteroatoms. The number of carbonyl (C=O) groups excluding carboxylic acids is 1. The standard InChI is InChI=1S/C26H30N2O2/c1-5-30-25(29)19-12-10-18(11-13-19)23(21-15-26(3,4)16-21)28-24-17(2)14-20-8-6-7-9-22(20)27-24/h6-14,21,23H,5,15-16H2,1-4H3,(H,27,28)/t23-/m0/s1. The Labute approximate surface area is 178 Å².